The second kappa shape index (κ2) is 6.29. The van der Waals surface area contributed by atoms with Crippen molar-refractivity contribution in [2.75, 3.05) is 18.5 Å². The molecule has 24 heavy (non-hydrogen) atoms. The van der Waals surface area contributed by atoms with Gasteiger partial charge in [0, 0.05) is 29.3 Å². The van der Waals surface area contributed by atoms with Crippen LogP contribution in [-0.2, 0) is 28.9 Å². The van der Waals surface area contributed by atoms with E-state index in [9.17, 15) is 4.79 Å². The Bertz CT molecular complexity index is 759. The molecule has 4 rings (SSSR count). The van der Waals surface area contributed by atoms with E-state index in [4.69, 9.17) is 4.74 Å². The first kappa shape index (κ1) is 15.8. The van der Waals surface area contributed by atoms with Gasteiger partial charge < -0.3 is 10.1 Å². The molecule has 0 unspecified atom stereocenters. The Morgan fingerprint density at radius 3 is 3.12 bits per heavy atom. The fourth-order valence-electron chi connectivity index (χ4n) is 3.34. The molecule has 0 aromatic carbocycles. The molecule has 6 nitrogen and oxygen atoms in total. The van der Waals surface area contributed by atoms with Crippen LogP contribution in [0.15, 0.2) is 6.20 Å². The van der Waals surface area contributed by atoms with Gasteiger partial charge in [0.2, 0.25) is 5.91 Å². The second-order valence-corrected chi connectivity index (χ2v) is 8.01. The predicted octanol–water partition coefficient (Wildman–Crippen LogP) is 2.74. The molecular weight excluding hydrogens is 324 g/mol. The number of anilines is 1. The van der Waals surface area contributed by atoms with E-state index in [1.54, 1.807) is 11.3 Å². The topological polar surface area (TPSA) is 69.0 Å². The molecule has 1 aliphatic carbocycles. The molecule has 0 radical (unpaired) electrons. The molecule has 3 heterocycles. The Kier molecular flexibility index (Phi) is 4.14. The number of hydrogen-bond acceptors (Lipinski definition) is 5. The van der Waals surface area contributed by atoms with Gasteiger partial charge in [-0.15, -0.1) is 11.3 Å². The highest BCUT2D eigenvalue weighted by Crippen LogP contribution is 2.38. The summed E-state index contributed by atoms with van der Waals surface area (Å²) >= 11 is 1.59. The van der Waals surface area contributed by atoms with E-state index >= 15 is 0 Å². The molecule has 1 N–H and O–H groups in total. The predicted molar refractivity (Wildman–Crippen MR) is 93.1 cm³/mol. The molecule has 1 saturated heterocycles. The number of nitrogens with one attached hydrogen (secondary N) is 1. The summed E-state index contributed by atoms with van der Waals surface area (Å²) in [6.45, 7) is 6.52. The Balaban J connectivity index is 1.56. The maximum Gasteiger partial charge on any atom is 0.231 e. The normalized spacial score (nSPS) is 19.4. The van der Waals surface area contributed by atoms with Crippen molar-refractivity contribution >= 4 is 22.4 Å². The summed E-state index contributed by atoms with van der Waals surface area (Å²) in [4.78, 5) is 18.2. The smallest absolute Gasteiger partial charge is 0.231 e. The average molecular weight is 346 g/mol. The fourth-order valence-corrected chi connectivity index (χ4v) is 4.32. The van der Waals surface area contributed by atoms with Crippen molar-refractivity contribution < 1.29 is 9.53 Å². The van der Waals surface area contributed by atoms with Gasteiger partial charge in [-0.05, 0) is 25.2 Å². The molecule has 1 fully saturated rings. The van der Waals surface area contributed by atoms with Crippen molar-refractivity contribution in [3.63, 3.8) is 0 Å². The van der Waals surface area contributed by atoms with Gasteiger partial charge in [-0.2, -0.15) is 5.10 Å². The first-order chi connectivity index (χ1) is 11.6. The van der Waals surface area contributed by atoms with Crippen molar-refractivity contribution in [2.24, 2.45) is 11.8 Å². The van der Waals surface area contributed by atoms with Crippen LogP contribution in [-0.4, -0.2) is 33.9 Å². The summed E-state index contributed by atoms with van der Waals surface area (Å²) in [6.07, 6.45) is 4.67. The van der Waals surface area contributed by atoms with Crippen LogP contribution in [0.3, 0.4) is 0 Å². The van der Waals surface area contributed by atoms with E-state index in [1.165, 1.54) is 10.6 Å². The fraction of sp³-hybridized carbons (Fsp3) is 0.588. The SMILES string of the molecule is CC(C)Cn1ncc2c1CCc1sc(NC(=O)[C@@H]3CCOC3)nc1-2. The molecule has 1 aliphatic heterocycles. The highest BCUT2D eigenvalue weighted by Gasteiger charge is 2.27. The van der Waals surface area contributed by atoms with Gasteiger partial charge >= 0.3 is 0 Å². The lowest BCUT2D eigenvalue weighted by Gasteiger charge is -2.14. The quantitative estimate of drug-likeness (QED) is 0.924. The van der Waals surface area contributed by atoms with Crippen LogP contribution >= 0.6 is 11.3 Å². The summed E-state index contributed by atoms with van der Waals surface area (Å²) in [6, 6.07) is 0. The summed E-state index contributed by atoms with van der Waals surface area (Å²) < 4.78 is 7.40. The third-order valence-electron chi connectivity index (χ3n) is 4.56. The molecule has 0 saturated carbocycles. The number of nitrogens with zero attached hydrogens (tertiary/aromatic N) is 3. The second-order valence-electron chi connectivity index (χ2n) is 6.92. The zero-order valence-corrected chi connectivity index (χ0v) is 14.9. The molecular formula is C17H22N4O2S. The van der Waals surface area contributed by atoms with Crippen LogP contribution in [0.2, 0.25) is 0 Å². The zero-order valence-electron chi connectivity index (χ0n) is 14.0. The number of carbonyl (C=O) groups is 1. The zero-order chi connectivity index (χ0) is 16.7. The number of amides is 1. The standard InChI is InChI=1S/C17H22N4O2S/c1-10(2)8-21-13-3-4-14-15(12(13)7-18-21)19-17(24-14)20-16(22)11-5-6-23-9-11/h7,10-11H,3-6,8-9H2,1-2H3,(H,19,20,22)/t11-/m1/s1. The van der Waals surface area contributed by atoms with Gasteiger partial charge in [-0.1, -0.05) is 13.8 Å². The van der Waals surface area contributed by atoms with E-state index in [0.29, 0.717) is 24.3 Å². The number of rotatable bonds is 4. The van der Waals surface area contributed by atoms with Crippen LogP contribution in [0.25, 0.3) is 11.3 Å². The van der Waals surface area contributed by atoms with Crippen molar-refractivity contribution in [3.05, 3.63) is 16.8 Å². The van der Waals surface area contributed by atoms with E-state index in [-0.39, 0.29) is 11.8 Å². The highest BCUT2D eigenvalue weighted by atomic mass is 32.1. The number of hydrogen-bond donors (Lipinski definition) is 1. The Morgan fingerprint density at radius 2 is 2.38 bits per heavy atom. The van der Waals surface area contributed by atoms with Crippen LogP contribution in [0.4, 0.5) is 5.13 Å². The molecule has 1 amide bonds. The van der Waals surface area contributed by atoms with Crippen molar-refractivity contribution in [1.82, 2.24) is 14.8 Å². The number of aryl methyl sites for hydroxylation is 1. The molecule has 2 aromatic rings. The largest absolute Gasteiger partial charge is 0.381 e. The van der Waals surface area contributed by atoms with Gasteiger partial charge in [-0.3, -0.25) is 9.48 Å². The number of fused-ring (bicyclic) bond motifs is 3. The Hall–Kier alpha value is -1.73. The maximum atomic E-state index is 12.3. The molecule has 7 heteroatoms. The molecule has 1 atom stereocenters. The Labute approximate surface area is 145 Å². The highest BCUT2D eigenvalue weighted by molar-refractivity contribution is 7.16. The van der Waals surface area contributed by atoms with Gasteiger partial charge in [0.15, 0.2) is 5.13 Å². The van der Waals surface area contributed by atoms with E-state index in [2.05, 4.69) is 33.9 Å². The lowest BCUT2D eigenvalue weighted by atomic mass is 10.0. The minimum Gasteiger partial charge on any atom is -0.381 e. The summed E-state index contributed by atoms with van der Waals surface area (Å²) in [7, 11) is 0. The third kappa shape index (κ3) is 2.86. The summed E-state index contributed by atoms with van der Waals surface area (Å²) in [5, 5.41) is 8.22. The lowest BCUT2D eigenvalue weighted by molar-refractivity contribution is -0.119. The summed E-state index contributed by atoms with van der Waals surface area (Å²) in [5.74, 6) is 0.541. The van der Waals surface area contributed by atoms with Crippen molar-refractivity contribution in [3.8, 4) is 11.3 Å². The van der Waals surface area contributed by atoms with Gasteiger partial charge in [-0.25, -0.2) is 4.98 Å². The molecule has 2 aliphatic rings. The van der Waals surface area contributed by atoms with Crippen LogP contribution < -0.4 is 5.32 Å². The number of ether oxygens (including phenoxy) is 1. The van der Waals surface area contributed by atoms with Gasteiger partial charge in [0.1, 0.15) is 0 Å². The van der Waals surface area contributed by atoms with Gasteiger partial charge in [0.05, 0.1) is 24.4 Å². The maximum absolute atomic E-state index is 12.3. The number of carbonyl (C=O) groups excluding carboxylic acids is 1. The molecule has 128 valence electrons. The van der Waals surface area contributed by atoms with E-state index < -0.39 is 0 Å². The van der Waals surface area contributed by atoms with Crippen LogP contribution in [0.5, 0.6) is 0 Å². The minimum absolute atomic E-state index is 0.0225. The molecule has 2 aromatic heterocycles. The first-order valence-electron chi connectivity index (χ1n) is 8.55. The number of thiazole rings is 1. The van der Waals surface area contributed by atoms with Gasteiger partial charge in [0.25, 0.3) is 0 Å². The first-order valence-corrected chi connectivity index (χ1v) is 9.37. The van der Waals surface area contributed by atoms with E-state index in [1.807, 2.05) is 6.20 Å². The van der Waals surface area contributed by atoms with Crippen molar-refractivity contribution in [2.45, 2.75) is 39.7 Å². The molecule has 0 spiro atoms. The Morgan fingerprint density at radius 1 is 1.50 bits per heavy atom. The average Bonchev–Trinajstić information content (AvgIpc) is 3.24. The minimum atomic E-state index is -0.0460. The third-order valence-corrected chi connectivity index (χ3v) is 5.59. The monoisotopic (exact) mass is 346 g/mol. The van der Waals surface area contributed by atoms with Crippen LogP contribution in [0.1, 0.15) is 30.8 Å². The van der Waals surface area contributed by atoms with Crippen LogP contribution in [0, 0.1) is 11.8 Å². The van der Waals surface area contributed by atoms with E-state index in [0.717, 1.165) is 37.1 Å². The number of aromatic nitrogens is 3. The van der Waals surface area contributed by atoms with Crippen molar-refractivity contribution in [1.29, 1.82) is 0 Å². The summed E-state index contributed by atoms with van der Waals surface area (Å²) in [5.41, 5.74) is 3.38. The molecule has 0 bridgehead atoms. The lowest BCUT2D eigenvalue weighted by Crippen LogP contribution is -2.22.